The van der Waals surface area contributed by atoms with Gasteiger partial charge in [-0.05, 0) is 13.0 Å². The van der Waals surface area contributed by atoms with Crippen molar-refractivity contribution >= 4 is 17.6 Å². The number of esters is 1. The monoisotopic (exact) mass is 424 g/mol. The van der Waals surface area contributed by atoms with Crippen LogP contribution in [0, 0.1) is 5.82 Å². The number of nitrogens with zero attached hydrogens (tertiary/aromatic N) is 2. The maximum atomic E-state index is 14.3. The molecular formula is C16H13ClF4N2O5. The first-order chi connectivity index (χ1) is 12.9. The number of aromatic nitrogens is 2. The maximum Gasteiger partial charge on any atom is 0.431 e. The second-order valence-corrected chi connectivity index (χ2v) is 5.97. The lowest BCUT2D eigenvalue weighted by molar-refractivity contribution is -0.148. The summed E-state index contributed by atoms with van der Waals surface area (Å²) in [5.74, 6) is -2.24. The van der Waals surface area contributed by atoms with Crippen LogP contribution in [0.15, 0.2) is 27.8 Å². The quantitative estimate of drug-likeness (QED) is 0.556. The van der Waals surface area contributed by atoms with E-state index in [1.165, 1.54) is 6.92 Å². The Morgan fingerprint density at radius 2 is 1.82 bits per heavy atom. The lowest BCUT2D eigenvalue weighted by Crippen LogP contribution is -2.41. The summed E-state index contributed by atoms with van der Waals surface area (Å²) in [4.78, 5) is 35.9. The Kier molecular flexibility index (Phi) is 5.88. The Balaban J connectivity index is 2.68. The fraction of sp³-hybridized carbons (Fsp3) is 0.312. The first-order valence-corrected chi connectivity index (χ1v) is 7.90. The molecule has 2 aromatic rings. The number of carbonyl (C=O) groups is 1. The van der Waals surface area contributed by atoms with Crippen molar-refractivity contribution in [3.8, 4) is 11.4 Å². The Morgan fingerprint density at radius 1 is 1.21 bits per heavy atom. The molecule has 0 aliphatic rings. The molecule has 1 heterocycles. The van der Waals surface area contributed by atoms with Gasteiger partial charge in [0.05, 0.1) is 17.8 Å². The number of rotatable bonds is 4. The minimum atomic E-state index is -4.96. The highest BCUT2D eigenvalue weighted by molar-refractivity contribution is 6.32. The van der Waals surface area contributed by atoms with Crippen LogP contribution in [-0.4, -0.2) is 28.3 Å². The summed E-state index contributed by atoms with van der Waals surface area (Å²) in [6.07, 6.45) is -6.14. The lowest BCUT2D eigenvalue weighted by atomic mass is 10.2. The summed E-state index contributed by atoms with van der Waals surface area (Å²) in [5.41, 5.74) is -5.05. The van der Waals surface area contributed by atoms with E-state index in [9.17, 15) is 31.9 Å². The molecule has 0 spiro atoms. The number of ether oxygens (including phenoxy) is 2. The van der Waals surface area contributed by atoms with E-state index in [1.54, 1.807) is 0 Å². The van der Waals surface area contributed by atoms with Gasteiger partial charge in [-0.3, -0.25) is 9.36 Å². The van der Waals surface area contributed by atoms with E-state index in [-0.39, 0.29) is 26.0 Å². The molecule has 0 fully saturated rings. The first-order valence-electron chi connectivity index (χ1n) is 7.52. The molecular weight excluding hydrogens is 412 g/mol. The van der Waals surface area contributed by atoms with Gasteiger partial charge in [0, 0.05) is 19.2 Å². The molecule has 1 atom stereocenters. The minimum Gasteiger partial charge on any atom is -0.477 e. The van der Waals surface area contributed by atoms with E-state index in [4.69, 9.17) is 16.3 Å². The van der Waals surface area contributed by atoms with Crippen LogP contribution < -0.4 is 16.0 Å². The maximum absolute atomic E-state index is 14.3. The highest BCUT2D eigenvalue weighted by atomic mass is 35.5. The van der Waals surface area contributed by atoms with Gasteiger partial charge in [-0.15, -0.1) is 0 Å². The zero-order valence-electron chi connectivity index (χ0n) is 14.6. The smallest absolute Gasteiger partial charge is 0.431 e. The van der Waals surface area contributed by atoms with Crippen molar-refractivity contribution in [2.75, 3.05) is 7.11 Å². The molecule has 2 rings (SSSR count). The van der Waals surface area contributed by atoms with Crippen LogP contribution in [0.25, 0.3) is 5.69 Å². The Bertz CT molecular complexity index is 1050. The molecule has 28 heavy (non-hydrogen) atoms. The number of methoxy groups -OCH3 is 1. The van der Waals surface area contributed by atoms with Crippen LogP contribution in [-0.2, 0) is 22.8 Å². The van der Waals surface area contributed by atoms with Gasteiger partial charge >= 0.3 is 17.8 Å². The normalized spacial score (nSPS) is 12.6. The highest BCUT2D eigenvalue weighted by Crippen LogP contribution is 2.30. The molecule has 1 aromatic heterocycles. The predicted octanol–water partition coefficient (Wildman–Crippen LogP) is 2.29. The molecule has 0 N–H and O–H groups in total. The van der Waals surface area contributed by atoms with Gasteiger partial charge in [-0.2, -0.15) is 13.2 Å². The van der Waals surface area contributed by atoms with Gasteiger partial charge in [0.1, 0.15) is 17.3 Å². The molecule has 7 nitrogen and oxygen atoms in total. The average molecular weight is 425 g/mol. The second kappa shape index (κ2) is 7.66. The largest absolute Gasteiger partial charge is 0.477 e. The average Bonchev–Trinajstić information content (AvgIpc) is 2.59. The van der Waals surface area contributed by atoms with Crippen molar-refractivity contribution in [3.05, 3.63) is 55.6 Å². The van der Waals surface area contributed by atoms with Crippen LogP contribution in [0.1, 0.15) is 12.6 Å². The zero-order valence-corrected chi connectivity index (χ0v) is 15.4. The number of halogens is 5. The summed E-state index contributed by atoms with van der Waals surface area (Å²) in [6.45, 7) is 1.30. The van der Waals surface area contributed by atoms with Crippen molar-refractivity contribution in [1.29, 1.82) is 0 Å². The Morgan fingerprint density at radius 3 is 2.36 bits per heavy atom. The van der Waals surface area contributed by atoms with E-state index in [1.807, 2.05) is 0 Å². The van der Waals surface area contributed by atoms with Gasteiger partial charge in [0.25, 0.3) is 5.56 Å². The van der Waals surface area contributed by atoms with Crippen LogP contribution in [0.2, 0.25) is 5.02 Å². The fourth-order valence-corrected chi connectivity index (χ4v) is 2.50. The van der Waals surface area contributed by atoms with Gasteiger partial charge in [-0.25, -0.2) is 18.5 Å². The molecule has 1 aromatic carbocycles. The topological polar surface area (TPSA) is 79.5 Å². The third-order valence-electron chi connectivity index (χ3n) is 3.69. The lowest BCUT2D eigenvalue weighted by Gasteiger charge is -2.17. The fourth-order valence-electron chi connectivity index (χ4n) is 2.30. The standard InChI is InChI=1S/C16H13ClF4N2O5/c1-7(14(25)27-3)28-11-5-10(9(18)4-8(11)17)23-13(24)6-12(16(19,20)21)22(2)15(23)26/h4-7H,1-3H3/t7-/m1/s1. The molecule has 0 amide bonds. The van der Waals surface area contributed by atoms with E-state index in [0.29, 0.717) is 6.07 Å². The van der Waals surface area contributed by atoms with Crippen molar-refractivity contribution in [3.63, 3.8) is 0 Å². The van der Waals surface area contributed by atoms with E-state index in [2.05, 4.69) is 4.74 Å². The summed E-state index contributed by atoms with van der Waals surface area (Å²) < 4.78 is 63.2. The second-order valence-electron chi connectivity index (χ2n) is 5.56. The molecule has 0 aliphatic carbocycles. The number of carbonyl (C=O) groups excluding carboxylic acids is 1. The first kappa shape index (κ1) is 21.5. The van der Waals surface area contributed by atoms with Crippen molar-refractivity contribution < 1.29 is 31.8 Å². The predicted molar refractivity (Wildman–Crippen MR) is 89.4 cm³/mol. The number of hydrogen-bond acceptors (Lipinski definition) is 5. The number of hydrogen-bond donors (Lipinski definition) is 0. The molecule has 12 heteroatoms. The third kappa shape index (κ3) is 4.03. The molecule has 152 valence electrons. The summed E-state index contributed by atoms with van der Waals surface area (Å²) in [5, 5.41) is -0.297. The van der Waals surface area contributed by atoms with Crippen LogP contribution in [0.4, 0.5) is 17.6 Å². The molecule has 0 bridgehead atoms. The third-order valence-corrected chi connectivity index (χ3v) is 3.99. The van der Waals surface area contributed by atoms with E-state index >= 15 is 0 Å². The number of benzene rings is 1. The van der Waals surface area contributed by atoms with E-state index < -0.39 is 46.7 Å². The minimum absolute atomic E-state index is 0.160. The van der Waals surface area contributed by atoms with Crippen molar-refractivity contribution in [2.45, 2.75) is 19.2 Å². The van der Waals surface area contributed by atoms with E-state index in [0.717, 1.165) is 20.2 Å². The summed E-state index contributed by atoms with van der Waals surface area (Å²) in [6, 6.07) is 1.68. The zero-order chi connectivity index (χ0) is 21.4. The molecule has 0 aliphatic heterocycles. The summed E-state index contributed by atoms with van der Waals surface area (Å²) in [7, 11) is 1.89. The van der Waals surface area contributed by atoms with Crippen LogP contribution in [0.3, 0.4) is 0 Å². The molecule has 0 saturated carbocycles. The van der Waals surface area contributed by atoms with Gasteiger partial charge < -0.3 is 9.47 Å². The van der Waals surface area contributed by atoms with Crippen molar-refractivity contribution in [2.24, 2.45) is 7.05 Å². The van der Waals surface area contributed by atoms with Crippen LogP contribution in [0.5, 0.6) is 5.75 Å². The Hall–Kier alpha value is -2.82. The molecule has 0 radical (unpaired) electrons. The van der Waals surface area contributed by atoms with Crippen molar-refractivity contribution in [1.82, 2.24) is 9.13 Å². The summed E-state index contributed by atoms with van der Waals surface area (Å²) >= 11 is 5.84. The van der Waals surface area contributed by atoms with Gasteiger partial charge in [-0.1, -0.05) is 11.6 Å². The van der Waals surface area contributed by atoms with Gasteiger partial charge in [0.15, 0.2) is 6.10 Å². The van der Waals surface area contributed by atoms with Crippen LogP contribution >= 0.6 is 11.6 Å². The molecule has 0 unspecified atom stereocenters. The number of alkyl halides is 3. The van der Waals surface area contributed by atoms with Gasteiger partial charge in [0.2, 0.25) is 0 Å². The highest BCUT2D eigenvalue weighted by Gasteiger charge is 2.35. The molecule has 0 saturated heterocycles. The SMILES string of the molecule is COC(=O)[C@@H](C)Oc1cc(-n2c(=O)cc(C(F)(F)F)n(C)c2=O)c(F)cc1Cl. The Labute approximate surface area is 159 Å².